The molecule has 172 valence electrons. The number of rotatable bonds is 8. The number of hydrogen-bond donors (Lipinski definition) is 3. The van der Waals surface area contributed by atoms with Gasteiger partial charge in [0.2, 0.25) is 0 Å². The highest BCUT2D eigenvalue weighted by molar-refractivity contribution is 5.94. The molecule has 2 unspecified atom stereocenters. The standard InChI is InChI=1S/C22H26N2O.C2HF3O2/c25-22(23-12-11-16-5-2-1-3-6-16)19-8-4-7-18(13-19)20-14-21(20)24-15-17-9-10-17;3-2(4,5)1(6)7/h1-8,13,17,20-21,24H,9-12,14-15H2,(H,23,25);(H,6,7). The van der Waals surface area contributed by atoms with Crippen molar-refractivity contribution in [3.63, 3.8) is 0 Å². The highest BCUT2D eigenvalue weighted by atomic mass is 19.4. The fourth-order valence-electron chi connectivity index (χ4n) is 3.41. The molecule has 0 heterocycles. The van der Waals surface area contributed by atoms with Crippen LogP contribution in [0.2, 0.25) is 0 Å². The molecule has 2 fully saturated rings. The highest BCUT2D eigenvalue weighted by Crippen LogP contribution is 2.41. The first kappa shape index (κ1) is 23.8. The maximum absolute atomic E-state index is 12.4. The Balaban J connectivity index is 0.000000360. The predicted octanol–water partition coefficient (Wildman–Crippen LogP) is 4.15. The van der Waals surface area contributed by atoms with E-state index in [4.69, 9.17) is 9.90 Å². The first-order valence-corrected chi connectivity index (χ1v) is 10.7. The quantitative estimate of drug-likeness (QED) is 0.567. The van der Waals surface area contributed by atoms with Gasteiger partial charge in [0.05, 0.1) is 0 Å². The van der Waals surface area contributed by atoms with Gasteiger partial charge in [-0.1, -0.05) is 42.5 Å². The van der Waals surface area contributed by atoms with Crippen LogP contribution in [0.25, 0.3) is 0 Å². The molecule has 0 aromatic heterocycles. The third-order valence-electron chi connectivity index (χ3n) is 5.52. The van der Waals surface area contributed by atoms with Crippen LogP contribution in [-0.2, 0) is 11.2 Å². The largest absolute Gasteiger partial charge is 0.490 e. The molecular weight excluding hydrogens is 421 g/mol. The molecule has 3 N–H and O–H groups in total. The number of hydrogen-bond acceptors (Lipinski definition) is 3. The van der Waals surface area contributed by atoms with Crippen molar-refractivity contribution in [1.29, 1.82) is 0 Å². The summed E-state index contributed by atoms with van der Waals surface area (Å²) in [5, 5.41) is 13.8. The van der Waals surface area contributed by atoms with Crippen molar-refractivity contribution in [3.05, 3.63) is 71.3 Å². The third kappa shape index (κ3) is 7.67. The zero-order valence-electron chi connectivity index (χ0n) is 17.6. The fraction of sp³-hybridized carbons (Fsp3) is 0.417. The molecule has 2 aromatic carbocycles. The van der Waals surface area contributed by atoms with Gasteiger partial charge in [0.1, 0.15) is 0 Å². The Labute approximate surface area is 185 Å². The van der Waals surface area contributed by atoms with E-state index >= 15 is 0 Å². The highest BCUT2D eigenvalue weighted by Gasteiger charge is 2.39. The number of amides is 1. The summed E-state index contributed by atoms with van der Waals surface area (Å²) in [4.78, 5) is 21.3. The first-order valence-electron chi connectivity index (χ1n) is 10.7. The van der Waals surface area contributed by atoms with E-state index in [9.17, 15) is 18.0 Å². The fourth-order valence-corrected chi connectivity index (χ4v) is 3.41. The Morgan fingerprint density at radius 1 is 1.03 bits per heavy atom. The Kier molecular flexibility index (Phi) is 7.90. The second-order valence-corrected chi connectivity index (χ2v) is 8.22. The van der Waals surface area contributed by atoms with E-state index in [1.165, 1.54) is 36.9 Å². The van der Waals surface area contributed by atoms with E-state index < -0.39 is 12.1 Å². The Morgan fingerprint density at radius 2 is 1.72 bits per heavy atom. The van der Waals surface area contributed by atoms with Crippen LogP contribution in [0.5, 0.6) is 0 Å². The second-order valence-electron chi connectivity index (χ2n) is 8.22. The van der Waals surface area contributed by atoms with Crippen molar-refractivity contribution in [2.75, 3.05) is 13.1 Å². The molecule has 2 saturated carbocycles. The number of halogens is 3. The van der Waals surface area contributed by atoms with Crippen LogP contribution in [0.3, 0.4) is 0 Å². The topological polar surface area (TPSA) is 78.4 Å². The van der Waals surface area contributed by atoms with Crippen LogP contribution in [-0.4, -0.2) is 42.3 Å². The Morgan fingerprint density at radius 3 is 2.34 bits per heavy atom. The summed E-state index contributed by atoms with van der Waals surface area (Å²) in [6.07, 6.45) is -0.236. The number of aliphatic carboxylic acids is 1. The Hall–Kier alpha value is -2.87. The van der Waals surface area contributed by atoms with Gasteiger partial charge in [-0.3, -0.25) is 4.79 Å². The smallest absolute Gasteiger partial charge is 0.475 e. The number of benzene rings is 2. The lowest BCUT2D eigenvalue weighted by Gasteiger charge is -2.08. The maximum atomic E-state index is 12.4. The molecule has 0 radical (unpaired) electrons. The molecule has 5 nitrogen and oxygen atoms in total. The van der Waals surface area contributed by atoms with Gasteiger partial charge in [0, 0.05) is 24.1 Å². The molecule has 0 spiro atoms. The molecule has 2 atom stereocenters. The lowest BCUT2D eigenvalue weighted by molar-refractivity contribution is -0.192. The summed E-state index contributed by atoms with van der Waals surface area (Å²) < 4.78 is 31.7. The molecule has 0 bridgehead atoms. The van der Waals surface area contributed by atoms with E-state index in [-0.39, 0.29) is 5.91 Å². The van der Waals surface area contributed by atoms with Gasteiger partial charge in [-0.15, -0.1) is 0 Å². The molecule has 8 heteroatoms. The molecule has 0 saturated heterocycles. The van der Waals surface area contributed by atoms with Crippen LogP contribution in [0.15, 0.2) is 54.6 Å². The summed E-state index contributed by atoms with van der Waals surface area (Å²) in [7, 11) is 0. The van der Waals surface area contributed by atoms with Gasteiger partial charge in [-0.25, -0.2) is 4.79 Å². The van der Waals surface area contributed by atoms with Crippen molar-refractivity contribution in [2.24, 2.45) is 5.92 Å². The zero-order chi connectivity index (χ0) is 23.1. The number of carbonyl (C=O) groups excluding carboxylic acids is 1. The molecule has 4 rings (SSSR count). The average molecular weight is 448 g/mol. The Bertz CT molecular complexity index is 914. The van der Waals surface area contributed by atoms with Crippen LogP contribution in [0, 0.1) is 5.92 Å². The van der Waals surface area contributed by atoms with Crippen molar-refractivity contribution < 1.29 is 27.9 Å². The summed E-state index contributed by atoms with van der Waals surface area (Å²) in [5.74, 6) is -1.23. The molecule has 32 heavy (non-hydrogen) atoms. The molecule has 0 aliphatic heterocycles. The molecule has 2 aliphatic rings. The summed E-state index contributed by atoms with van der Waals surface area (Å²) in [6.45, 7) is 1.84. The summed E-state index contributed by atoms with van der Waals surface area (Å²) >= 11 is 0. The minimum atomic E-state index is -5.08. The van der Waals surface area contributed by atoms with Crippen LogP contribution < -0.4 is 10.6 Å². The third-order valence-corrected chi connectivity index (χ3v) is 5.52. The number of carboxylic acids is 1. The predicted molar refractivity (Wildman–Crippen MR) is 114 cm³/mol. The van der Waals surface area contributed by atoms with Crippen LogP contribution in [0.4, 0.5) is 13.2 Å². The van der Waals surface area contributed by atoms with Gasteiger partial charge in [-0.2, -0.15) is 13.2 Å². The van der Waals surface area contributed by atoms with Gasteiger partial charge >= 0.3 is 12.1 Å². The van der Waals surface area contributed by atoms with Gasteiger partial charge in [0.25, 0.3) is 5.91 Å². The number of alkyl halides is 3. The molecule has 2 aromatic rings. The molecule has 2 aliphatic carbocycles. The summed E-state index contributed by atoms with van der Waals surface area (Å²) in [5.41, 5.74) is 3.32. The van der Waals surface area contributed by atoms with Crippen molar-refractivity contribution >= 4 is 11.9 Å². The molecular formula is C24H27F3N2O3. The number of carboxylic acid groups (broad SMARTS) is 1. The normalized spacial score (nSPS) is 19.5. The lowest BCUT2D eigenvalue weighted by Crippen LogP contribution is -2.25. The van der Waals surface area contributed by atoms with E-state index in [1.54, 1.807) is 0 Å². The van der Waals surface area contributed by atoms with Gasteiger partial charge in [0.15, 0.2) is 0 Å². The van der Waals surface area contributed by atoms with Crippen molar-refractivity contribution in [1.82, 2.24) is 10.6 Å². The van der Waals surface area contributed by atoms with Gasteiger partial charge < -0.3 is 15.7 Å². The number of nitrogens with one attached hydrogen (secondary N) is 2. The van der Waals surface area contributed by atoms with E-state index in [2.05, 4.69) is 34.9 Å². The average Bonchev–Trinajstić information content (AvgIpc) is 3.68. The zero-order valence-corrected chi connectivity index (χ0v) is 17.6. The summed E-state index contributed by atoms with van der Waals surface area (Å²) in [6, 6.07) is 19.0. The minimum absolute atomic E-state index is 0.0286. The minimum Gasteiger partial charge on any atom is -0.475 e. The van der Waals surface area contributed by atoms with E-state index in [0.29, 0.717) is 18.5 Å². The maximum Gasteiger partial charge on any atom is 0.490 e. The van der Waals surface area contributed by atoms with Crippen LogP contribution in [0.1, 0.15) is 46.7 Å². The lowest BCUT2D eigenvalue weighted by atomic mass is 10.1. The monoisotopic (exact) mass is 448 g/mol. The van der Waals surface area contributed by atoms with Gasteiger partial charge in [-0.05, 0) is 61.4 Å². The second kappa shape index (κ2) is 10.6. The van der Waals surface area contributed by atoms with Crippen molar-refractivity contribution in [2.45, 2.75) is 43.8 Å². The SMILES string of the molecule is O=C(NCCc1ccccc1)c1cccc(C2CC2NCC2CC2)c1.O=C(O)C(F)(F)F. The van der Waals surface area contributed by atoms with Crippen LogP contribution >= 0.6 is 0 Å². The molecule has 1 amide bonds. The first-order chi connectivity index (χ1) is 15.2. The number of carbonyl (C=O) groups is 2. The van der Waals surface area contributed by atoms with E-state index in [0.717, 1.165) is 17.9 Å². The van der Waals surface area contributed by atoms with Crippen molar-refractivity contribution in [3.8, 4) is 0 Å². The van der Waals surface area contributed by atoms with E-state index in [1.807, 2.05) is 30.3 Å².